The van der Waals surface area contributed by atoms with Crippen molar-refractivity contribution in [2.45, 2.75) is 12.3 Å². The van der Waals surface area contributed by atoms with E-state index in [1.165, 1.54) is 11.8 Å². The molecule has 0 heterocycles. The normalized spacial score (nSPS) is 10.5. The van der Waals surface area contributed by atoms with Crippen LogP contribution in [0.25, 0.3) is 0 Å². The Morgan fingerprint density at radius 1 is 1.04 bits per heavy atom. The minimum atomic E-state index is -0.125. The molecule has 1 N–H and O–H groups in total. The van der Waals surface area contributed by atoms with Crippen LogP contribution in [-0.2, 0) is 17.1 Å². The summed E-state index contributed by atoms with van der Waals surface area (Å²) in [7, 11) is 3.37. The van der Waals surface area contributed by atoms with E-state index < -0.39 is 0 Å². The van der Waals surface area contributed by atoms with Crippen molar-refractivity contribution in [1.82, 2.24) is 10.2 Å². The predicted octanol–water partition coefficient (Wildman–Crippen LogP) is 4.24. The molecule has 0 fully saturated rings. The lowest BCUT2D eigenvalue weighted by atomic mass is 10.1. The van der Waals surface area contributed by atoms with Crippen LogP contribution in [0, 0.1) is 0 Å². The molecule has 0 aliphatic rings. The smallest absolute Gasteiger partial charge is 0.251 e. The zero-order valence-electron chi connectivity index (χ0n) is 14.6. The maximum Gasteiger partial charge on any atom is 0.251 e. The van der Waals surface area contributed by atoms with Crippen LogP contribution in [0.1, 0.15) is 21.5 Å². The SMILES string of the molecule is CNC(=O)c1ccc(CN(C)C(=O)CSCc2ccc(Cl)c(Cl)c2)cc1. The molecule has 2 rings (SSSR count). The lowest BCUT2D eigenvalue weighted by molar-refractivity contribution is -0.127. The molecule has 0 aliphatic carbocycles. The van der Waals surface area contributed by atoms with E-state index in [1.54, 1.807) is 37.2 Å². The van der Waals surface area contributed by atoms with Gasteiger partial charge in [0.15, 0.2) is 0 Å². The summed E-state index contributed by atoms with van der Waals surface area (Å²) in [5.41, 5.74) is 2.61. The quantitative estimate of drug-likeness (QED) is 0.741. The van der Waals surface area contributed by atoms with Gasteiger partial charge in [-0.25, -0.2) is 0 Å². The largest absolute Gasteiger partial charge is 0.355 e. The summed E-state index contributed by atoms with van der Waals surface area (Å²) in [4.78, 5) is 25.5. The zero-order valence-corrected chi connectivity index (χ0v) is 16.9. The van der Waals surface area contributed by atoms with Gasteiger partial charge in [0.25, 0.3) is 5.91 Å². The summed E-state index contributed by atoms with van der Waals surface area (Å²) in [5, 5.41) is 3.63. The van der Waals surface area contributed by atoms with Gasteiger partial charge in [0.05, 0.1) is 15.8 Å². The lowest BCUT2D eigenvalue weighted by Gasteiger charge is -2.17. The standard InChI is InChI=1S/C19H20Cl2N2O2S/c1-22-19(25)15-6-3-13(4-7-15)10-23(2)18(24)12-26-11-14-5-8-16(20)17(21)9-14/h3-9H,10-12H2,1-2H3,(H,22,25). The van der Waals surface area contributed by atoms with E-state index in [4.69, 9.17) is 23.2 Å². The van der Waals surface area contributed by atoms with E-state index in [0.717, 1.165) is 11.1 Å². The Kier molecular flexibility index (Phi) is 7.82. The molecule has 0 unspecified atom stereocenters. The molecular formula is C19H20Cl2N2O2S. The second-order valence-corrected chi connectivity index (χ2v) is 7.57. The molecule has 0 bridgehead atoms. The summed E-state index contributed by atoms with van der Waals surface area (Å²) in [6, 6.07) is 12.7. The summed E-state index contributed by atoms with van der Waals surface area (Å²) >= 11 is 13.4. The summed E-state index contributed by atoms with van der Waals surface area (Å²) in [5.74, 6) is 0.995. The van der Waals surface area contributed by atoms with E-state index >= 15 is 0 Å². The number of thioether (sulfide) groups is 1. The van der Waals surface area contributed by atoms with Gasteiger partial charge in [-0.1, -0.05) is 41.4 Å². The fourth-order valence-electron chi connectivity index (χ4n) is 2.26. The van der Waals surface area contributed by atoms with Gasteiger partial charge in [-0.3, -0.25) is 9.59 Å². The van der Waals surface area contributed by atoms with Crippen LogP contribution in [-0.4, -0.2) is 36.6 Å². The van der Waals surface area contributed by atoms with Gasteiger partial charge < -0.3 is 10.2 Å². The topological polar surface area (TPSA) is 49.4 Å². The number of nitrogens with zero attached hydrogens (tertiary/aromatic N) is 1. The van der Waals surface area contributed by atoms with Gasteiger partial charge in [0.1, 0.15) is 0 Å². The molecule has 26 heavy (non-hydrogen) atoms. The molecule has 0 aliphatic heterocycles. The van der Waals surface area contributed by atoms with Crippen molar-refractivity contribution in [1.29, 1.82) is 0 Å². The molecule has 7 heteroatoms. The number of benzene rings is 2. The minimum Gasteiger partial charge on any atom is -0.355 e. The first-order valence-corrected chi connectivity index (χ1v) is 9.88. The fourth-order valence-corrected chi connectivity index (χ4v) is 3.50. The molecule has 0 spiro atoms. The van der Waals surface area contributed by atoms with E-state index in [1.807, 2.05) is 24.3 Å². The molecule has 0 atom stereocenters. The molecule has 0 saturated carbocycles. The van der Waals surface area contributed by atoms with Gasteiger partial charge in [-0.15, -0.1) is 11.8 Å². The summed E-state index contributed by atoms with van der Waals surface area (Å²) < 4.78 is 0. The number of halogens is 2. The maximum absolute atomic E-state index is 12.3. The molecular weight excluding hydrogens is 391 g/mol. The van der Waals surface area contributed by atoms with Crippen LogP contribution in [0.5, 0.6) is 0 Å². The average molecular weight is 411 g/mol. The van der Waals surface area contributed by atoms with Crippen molar-refractivity contribution >= 4 is 46.8 Å². The first-order chi connectivity index (χ1) is 12.4. The number of carbonyl (C=O) groups excluding carboxylic acids is 2. The monoisotopic (exact) mass is 410 g/mol. The molecule has 2 aromatic rings. The second kappa shape index (κ2) is 9.86. The molecule has 0 saturated heterocycles. The van der Waals surface area contributed by atoms with E-state index in [9.17, 15) is 9.59 Å². The van der Waals surface area contributed by atoms with Crippen LogP contribution in [0.4, 0.5) is 0 Å². The van der Waals surface area contributed by atoms with Crippen molar-refractivity contribution < 1.29 is 9.59 Å². The molecule has 2 amide bonds. The maximum atomic E-state index is 12.3. The average Bonchev–Trinajstić information content (AvgIpc) is 2.64. The summed E-state index contributed by atoms with van der Waals surface area (Å²) in [6.45, 7) is 0.500. The Morgan fingerprint density at radius 2 is 1.69 bits per heavy atom. The molecule has 4 nitrogen and oxygen atoms in total. The van der Waals surface area contributed by atoms with Crippen LogP contribution in [0.3, 0.4) is 0 Å². The Hall–Kier alpha value is -1.69. The van der Waals surface area contributed by atoms with Gasteiger partial charge in [-0.05, 0) is 35.4 Å². The first-order valence-electron chi connectivity index (χ1n) is 7.97. The highest BCUT2D eigenvalue weighted by Crippen LogP contribution is 2.24. The van der Waals surface area contributed by atoms with E-state index in [-0.39, 0.29) is 11.8 Å². The van der Waals surface area contributed by atoms with E-state index in [2.05, 4.69) is 5.32 Å². The predicted molar refractivity (Wildman–Crippen MR) is 109 cm³/mol. The summed E-state index contributed by atoms with van der Waals surface area (Å²) in [6.07, 6.45) is 0. The number of hydrogen-bond acceptors (Lipinski definition) is 3. The van der Waals surface area contributed by atoms with Crippen LogP contribution in [0.2, 0.25) is 10.0 Å². The number of rotatable bonds is 7. The minimum absolute atomic E-state index is 0.0467. The van der Waals surface area contributed by atoms with Gasteiger partial charge in [0.2, 0.25) is 5.91 Å². The molecule has 0 aromatic heterocycles. The molecule has 138 valence electrons. The van der Waals surface area contributed by atoms with Crippen LogP contribution in [0.15, 0.2) is 42.5 Å². The van der Waals surface area contributed by atoms with Crippen molar-refractivity contribution in [3.8, 4) is 0 Å². The highest BCUT2D eigenvalue weighted by Gasteiger charge is 2.10. The lowest BCUT2D eigenvalue weighted by Crippen LogP contribution is -2.27. The van der Waals surface area contributed by atoms with Crippen molar-refractivity contribution in [3.05, 3.63) is 69.2 Å². The zero-order chi connectivity index (χ0) is 19.1. The number of nitrogens with one attached hydrogen (secondary N) is 1. The van der Waals surface area contributed by atoms with Gasteiger partial charge >= 0.3 is 0 Å². The van der Waals surface area contributed by atoms with Crippen molar-refractivity contribution in [2.75, 3.05) is 19.8 Å². The fraction of sp³-hybridized carbons (Fsp3) is 0.263. The molecule has 0 radical (unpaired) electrons. The van der Waals surface area contributed by atoms with Crippen LogP contribution >= 0.6 is 35.0 Å². The van der Waals surface area contributed by atoms with Gasteiger partial charge in [0, 0.05) is 32.0 Å². The first kappa shape index (κ1) is 20.6. The number of carbonyl (C=O) groups is 2. The Balaban J connectivity index is 1.81. The Bertz CT molecular complexity index is 782. The van der Waals surface area contributed by atoms with E-state index in [0.29, 0.717) is 33.7 Å². The Morgan fingerprint density at radius 3 is 2.31 bits per heavy atom. The number of amides is 2. The Labute approximate surface area is 167 Å². The van der Waals surface area contributed by atoms with Crippen molar-refractivity contribution in [2.24, 2.45) is 0 Å². The highest BCUT2D eigenvalue weighted by atomic mass is 35.5. The van der Waals surface area contributed by atoms with Gasteiger partial charge in [-0.2, -0.15) is 0 Å². The van der Waals surface area contributed by atoms with Crippen LogP contribution < -0.4 is 5.32 Å². The highest BCUT2D eigenvalue weighted by molar-refractivity contribution is 7.99. The van der Waals surface area contributed by atoms with Crippen molar-refractivity contribution in [3.63, 3.8) is 0 Å². The molecule has 2 aromatic carbocycles. The third-order valence-corrected chi connectivity index (χ3v) is 5.49. The third kappa shape index (κ3) is 5.94. The number of hydrogen-bond donors (Lipinski definition) is 1. The third-order valence-electron chi connectivity index (χ3n) is 3.77. The second-order valence-electron chi connectivity index (χ2n) is 5.77.